The van der Waals surface area contributed by atoms with Gasteiger partial charge in [-0.25, -0.2) is 0 Å². The molecule has 1 N–H and O–H groups in total. The Morgan fingerprint density at radius 1 is 1.35 bits per heavy atom. The second-order valence-electron chi connectivity index (χ2n) is 5.44. The molecule has 2 aliphatic rings. The molecule has 0 amide bonds. The Morgan fingerprint density at radius 3 is 2.90 bits per heavy atom. The Morgan fingerprint density at radius 2 is 2.15 bits per heavy atom. The van der Waals surface area contributed by atoms with E-state index in [2.05, 4.69) is 16.3 Å². The summed E-state index contributed by atoms with van der Waals surface area (Å²) in [4.78, 5) is 12.9. The zero-order chi connectivity index (χ0) is 14.1. The van der Waals surface area contributed by atoms with Crippen molar-refractivity contribution in [1.29, 1.82) is 5.26 Å². The van der Waals surface area contributed by atoms with Gasteiger partial charge in [0.25, 0.3) is 5.69 Å². The summed E-state index contributed by atoms with van der Waals surface area (Å²) in [7, 11) is 0. The fraction of sp³-hybridized carbons (Fsp3) is 0.500. The average molecular weight is 272 g/mol. The van der Waals surface area contributed by atoms with Crippen molar-refractivity contribution in [3.8, 4) is 6.07 Å². The highest BCUT2D eigenvalue weighted by molar-refractivity contribution is 5.66. The Hall–Kier alpha value is -2.13. The van der Waals surface area contributed by atoms with Crippen molar-refractivity contribution in [3.63, 3.8) is 0 Å². The zero-order valence-electron chi connectivity index (χ0n) is 11.1. The second-order valence-corrected chi connectivity index (χ2v) is 5.44. The number of fused-ring (bicyclic) bond motifs is 2. The minimum atomic E-state index is -0.368. The van der Waals surface area contributed by atoms with E-state index < -0.39 is 0 Å². The van der Waals surface area contributed by atoms with Crippen LogP contribution in [0.4, 0.5) is 11.4 Å². The topological polar surface area (TPSA) is 82.2 Å². The molecule has 2 heterocycles. The number of hydrogen-bond acceptors (Lipinski definition) is 5. The summed E-state index contributed by atoms with van der Waals surface area (Å²) in [6, 6.07) is 7.56. The van der Waals surface area contributed by atoms with Crippen molar-refractivity contribution >= 4 is 11.4 Å². The molecule has 104 valence electrons. The van der Waals surface area contributed by atoms with E-state index in [-0.39, 0.29) is 10.6 Å². The summed E-state index contributed by atoms with van der Waals surface area (Å²) >= 11 is 0. The molecule has 6 heteroatoms. The number of nitrogens with one attached hydrogen (secondary N) is 1. The summed E-state index contributed by atoms with van der Waals surface area (Å²) < 4.78 is 0. The van der Waals surface area contributed by atoms with Crippen molar-refractivity contribution in [1.82, 2.24) is 5.32 Å². The molecule has 6 nitrogen and oxygen atoms in total. The smallest absolute Gasteiger partial charge is 0.292 e. The fourth-order valence-electron chi connectivity index (χ4n) is 3.16. The summed E-state index contributed by atoms with van der Waals surface area (Å²) in [6.45, 7) is 1.57. The number of rotatable bonds is 2. The van der Waals surface area contributed by atoms with Gasteiger partial charge in [-0.1, -0.05) is 0 Å². The van der Waals surface area contributed by atoms with Crippen LogP contribution in [0.2, 0.25) is 0 Å². The lowest BCUT2D eigenvalue weighted by Gasteiger charge is -2.26. The largest absolute Gasteiger partial charge is 0.364 e. The van der Waals surface area contributed by atoms with Gasteiger partial charge in [0.2, 0.25) is 0 Å². The number of anilines is 1. The second kappa shape index (κ2) is 5.10. The van der Waals surface area contributed by atoms with Crippen molar-refractivity contribution in [3.05, 3.63) is 33.9 Å². The first-order valence-corrected chi connectivity index (χ1v) is 6.87. The highest BCUT2D eigenvalue weighted by atomic mass is 16.6. The van der Waals surface area contributed by atoms with E-state index in [0.29, 0.717) is 23.3 Å². The lowest BCUT2D eigenvalue weighted by Crippen LogP contribution is -2.35. The van der Waals surface area contributed by atoms with Crippen LogP contribution >= 0.6 is 0 Å². The molecule has 0 aliphatic carbocycles. The van der Waals surface area contributed by atoms with E-state index in [1.54, 1.807) is 6.07 Å². The molecule has 0 spiro atoms. The van der Waals surface area contributed by atoms with Crippen molar-refractivity contribution in [2.45, 2.75) is 31.3 Å². The standard InChI is InChI=1S/C14H16N4O2/c15-8-10-1-4-13(18(19)20)14(7-10)17-6-5-11-2-3-12(9-17)16-11/h1,4,7,11-12,16H,2-3,5-6,9H2. The number of benzene rings is 1. The van der Waals surface area contributed by atoms with E-state index in [1.165, 1.54) is 18.6 Å². The predicted molar refractivity (Wildman–Crippen MR) is 74.6 cm³/mol. The monoisotopic (exact) mass is 272 g/mol. The van der Waals surface area contributed by atoms with Crippen LogP contribution in [0, 0.1) is 21.4 Å². The third kappa shape index (κ3) is 2.32. The van der Waals surface area contributed by atoms with Gasteiger partial charge in [-0.05, 0) is 31.4 Å². The molecule has 1 aromatic carbocycles. The predicted octanol–water partition coefficient (Wildman–Crippen LogP) is 1.80. The number of nitro groups is 1. The van der Waals surface area contributed by atoms with Gasteiger partial charge >= 0.3 is 0 Å². The lowest BCUT2D eigenvalue weighted by atomic mass is 10.1. The first-order valence-electron chi connectivity index (χ1n) is 6.87. The van der Waals surface area contributed by atoms with Gasteiger partial charge in [-0.15, -0.1) is 0 Å². The van der Waals surface area contributed by atoms with E-state index in [1.807, 2.05) is 0 Å². The molecular formula is C14H16N4O2. The van der Waals surface area contributed by atoms with Gasteiger partial charge in [-0.2, -0.15) is 5.26 Å². The van der Waals surface area contributed by atoms with Gasteiger partial charge in [0.05, 0.1) is 16.6 Å². The molecule has 2 atom stereocenters. The first kappa shape index (κ1) is 12.9. The normalized spacial score (nSPS) is 25.1. The molecule has 1 aromatic rings. The van der Waals surface area contributed by atoms with Crippen LogP contribution in [0.15, 0.2) is 18.2 Å². The minimum Gasteiger partial charge on any atom is -0.364 e. The van der Waals surface area contributed by atoms with E-state index in [0.717, 1.165) is 25.9 Å². The van der Waals surface area contributed by atoms with E-state index in [4.69, 9.17) is 5.26 Å². The highest BCUT2D eigenvalue weighted by Gasteiger charge is 2.31. The Balaban J connectivity index is 1.95. The van der Waals surface area contributed by atoms with E-state index >= 15 is 0 Å². The quantitative estimate of drug-likeness (QED) is 0.655. The summed E-state index contributed by atoms with van der Waals surface area (Å²) in [5.74, 6) is 0. The van der Waals surface area contributed by atoms with Gasteiger partial charge in [0, 0.05) is 31.2 Å². The highest BCUT2D eigenvalue weighted by Crippen LogP contribution is 2.32. The third-order valence-corrected chi connectivity index (χ3v) is 4.17. The van der Waals surface area contributed by atoms with Crippen molar-refractivity contribution in [2.24, 2.45) is 0 Å². The zero-order valence-corrected chi connectivity index (χ0v) is 11.1. The maximum atomic E-state index is 11.2. The van der Waals surface area contributed by atoms with Crippen LogP contribution in [0.3, 0.4) is 0 Å². The Bertz CT molecular complexity index is 581. The maximum Gasteiger partial charge on any atom is 0.292 e. The van der Waals surface area contributed by atoms with Crippen LogP contribution in [-0.2, 0) is 0 Å². The lowest BCUT2D eigenvalue weighted by molar-refractivity contribution is -0.384. The van der Waals surface area contributed by atoms with Gasteiger partial charge in [0.15, 0.2) is 0 Å². The van der Waals surface area contributed by atoms with Crippen molar-refractivity contribution < 1.29 is 4.92 Å². The van der Waals surface area contributed by atoms with Gasteiger partial charge < -0.3 is 10.2 Å². The van der Waals surface area contributed by atoms with Crippen LogP contribution in [-0.4, -0.2) is 30.1 Å². The molecule has 0 aromatic heterocycles. The summed E-state index contributed by atoms with van der Waals surface area (Å²) in [5.41, 5.74) is 1.12. The van der Waals surface area contributed by atoms with Crippen LogP contribution in [0.25, 0.3) is 0 Å². The minimum absolute atomic E-state index is 0.0850. The van der Waals surface area contributed by atoms with Gasteiger partial charge in [-0.3, -0.25) is 10.1 Å². The number of hydrogen-bond donors (Lipinski definition) is 1. The van der Waals surface area contributed by atoms with Crippen LogP contribution in [0.5, 0.6) is 0 Å². The number of nitro benzene ring substituents is 1. The van der Waals surface area contributed by atoms with Crippen molar-refractivity contribution in [2.75, 3.05) is 18.0 Å². The molecule has 2 bridgehead atoms. The fourth-order valence-corrected chi connectivity index (χ4v) is 3.16. The van der Waals surface area contributed by atoms with Crippen LogP contribution in [0.1, 0.15) is 24.8 Å². The maximum absolute atomic E-state index is 11.2. The molecule has 0 radical (unpaired) electrons. The molecular weight excluding hydrogens is 256 g/mol. The van der Waals surface area contributed by atoms with E-state index in [9.17, 15) is 10.1 Å². The van der Waals surface area contributed by atoms with Crippen LogP contribution < -0.4 is 10.2 Å². The molecule has 2 unspecified atom stereocenters. The number of nitriles is 1. The molecule has 2 aliphatic heterocycles. The van der Waals surface area contributed by atoms with Gasteiger partial charge in [0.1, 0.15) is 5.69 Å². The molecule has 0 saturated carbocycles. The summed E-state index contributed by atoms with van der Waals surface area (Å²) in [6.07, 6.45) is 3.30. The average Bonchev–Trinajstić information content (AvgIpc) is 2.77. The summed E-state index contributed by atoms with van der Waals surface area (Å²) in [5, 5.41) is 23.7. The SMILES string of the molecule is N#Cc1ccc([N+](=O)[O-])c(N2CCC3CCC(C2)N3)c1. The molecule has 3 rings (SSSR count). The Kier molecular flexibility index (Phi) is 3.28. The molecule has 2 saturated heterocycles. The third-order valence-electron chi connectivity index (χ3n) is 4.17. The molecule has 2 fully saturated rings. The number of nitrogens with zero attached hydrogens (tertiary/aromatic N) is 3. The first-order chi connectivity index (χ1) is 9.67. The Labute approximate surface area is 117 Å². The molecule has 20 heavy (non-hydrogen) atoms.